The number of carbonyl (C=O) groups excluding carboxylic acids is 1. The Morgan fingerprint density at radius 1 is 1.24 bits per heavy atom. The molecule has 21 heavy (non-hydrogen) atoms. The number of nitrogens with one attached hydrogen (secondary N) is 2. The van der Waals surface area contributed by atoms with Gasteiger partial charge in [0.1, 0.15) is 0 Å². The SMILES string of the molecule is Cc1ccccc1[C@@H]1NC(=S)NC2=C1C(=O)CC(C)(C)C2. The minimum absolute atomic E-state index is 0.00779. The molecule has 1 aliphatic carbocycles. The molecule has 2 N–H and O–H groups in total. The molecular formula is C17H20N2OS. The first kappa shape index (κ1) is 14.3. The summed E-state index contributed by atoms with van der Waals surface area (Å²) in [7, 11) is 0. The monoisotopic (exact) mass is 300 g/mol. The van der Waals surface area contributed by atoms with Crippen LogP contribution >= 0.6 is 12.2 Å². The molecular weight excluding hydrogens is 280 g/mol. The maximum atomic E-state index is 12.7. The van der Waals surface area contributed by atoms with E-state index in [9.17, 15) is 4.79 Å². The fraction of sp³-hybridized carbons (Fsp3) is 0.412. The number of thiocarbonyl (C=S) groups is 1. The van der Waals surface area contributed by atoms with Gasteiger partial charge in [0.25, 0.3) is 0 Å². The molecule has 0 fully saturated rings. The molecule has 2 aliphatic rings. The van der Waals surface area contributed by atoms with Gasteiger partial charge in [-0.25, -0.2) is 0 Å². The van der Waals surface area contributed by atoms with Crippen molar-refractivity contribution in [1.82, 2.24) is 10.6 Å². The van der Waals surface area contributed by atoms with Gasteiger partial charge < -0.3 is 10.6 Å². The van der Waals surface area contributed by atoms with Crippen molar-refractivity contribution in [1.29, 1.82) is 0 Å². The Morgan fingerprint density at radius 3 is 2.67 bits per heavy atom. The third kappa shape index (κ3) is 2.60. The highest BCUT2D eigenvalue weighted by Crippen LogP contribution is 2.41. The van der Waals surface area contributed by atoms with Crippen LogP contribution in [-0.2, 0) is 4.79 Å². The molecule has 0 bridgehead atoms. The zero-order valence-corrected chi connectivity index (χ0v) is 13.4. The van der Waals surface area contributed by atoms with E-state index in [0.29, 0.717) is 11.5 Å². The maximum Gasteiger partial charge on any atom is 0.171 e. The summed E-state index contributed by atoms with van der Waals surface area (Å²) in [6, 6.07) is 8.03. The van der Waals surface area contributed by atoms with E-state index in [1.165, 1.54) is 5.56 Å². The molecule has 1 aliphatic heterocycles. The molecule has 0 aromatic heterocycles. The van der Waals surface area contributed by atoms with Gasteiger partial charge in [0.2, 0.25) is 0 Å². The van der Waals surface area contributed by atoms with Crippen LogP contribution in [0.2, 0.25) is 0 Å². The molecule has 3 nitrogen and oxygen atoms in total. The van der Waals surface area contributed by atoms with E-state index in [1.807, 2.05) is 12.1 Å². The Hall–Kier alpha value is -1.68. The van der Waals surface area contributed by atoms with Crippen LogP contribution in [0, 0.1) is 12.3 Å². The summed E-state index contributed by atoms with van der Waals surface area (Å²) in [6.07, 6.45) is 1.45. The largest absolute Gasteiger partial charge is 0.351 e. The van der Waals surface area contributed by atoms with Gasteiger partial charge in [-0.1, -0.05) is 38.1 Å². The minimum atomic E-state index is -0.126. The first-order chi connectivity index (χ1) is 9.87. The molecule has 110 valence electrons. The summed E-state index contributed by atoms with van der Waals surface area (Å²) < 4.78 is 0. The molecule has 0 radical (unpaired) electrons. The zero-order chi connectivity index (χ0) is 15.2. The van der Waals surface area contributed by atoms with E-state index in [2.05, 4.69) is 43.5 Å². The Morgan fingerprint density at radius 2 is 1.95 bits per heavy atom. The second-order valence-electron chi connectivity index (χ2n) is 6.72. The first-order valence-corrected chi connectivity index (χ1v) is 7.67. The predicted molar refractivity (Wildman–Crippen MR) is 87.8 cm³/mol. The number of benzene rings is 1. The Bertz CT molecular complexity index is 661. The number of ketones is 1. The second kappa shape index (κ2) is 4.95. The van der Waals surface area contributed by atoms with Gasteiger partial charge in [0.05, 0.1) is 6.04 Å². The van der Waals surface area contributed by atoms with Crippen LogP contribution in [0.3, 0.4) is 0 Å². The molecule has 0 saturated heterocycles. The summed E-state index contributed by atoms with van der Waals surface area (Å²) in [5.74, 6) is 0.219. The molecule has 4 heteroatoms. The topological polar surface area (TPSA) is 41.1 Å². The van der Waals surface area contributed by atoms with Crippen LogP contribution in [0.1, 0.15) is 43.9 Å². The zero-order valence-electron chi connectivity index (χ0n) is 12.6. The number of hydrogen-bond acceptors (Lipinski definition) is 2. The van der Waals surface area contributed by atoms with E-state index in [0.717, 1.165) is 23.3 Å². The summed E-state index contributed by atoms with van der Waals surface area (Å²) in [4.78, 5) is 12.7. The summed E-state index contributed by atoms with van der Waals surface area (Å²) >= 11 is 5.34. The van der Waals surface area contributed by atoms with Crippen molar-refractivity contribution in [3.8, 4) is 0 Å². The fourth-order valence-electron chi connectivity index (χ4n) is 3.30. The maximum absolute atomic E-state index is 12.7. The van der Waals surface area contributed by atoms with Crippen molar-refractivity contribution >= 4 is 23.1 Å². The van der Waals surface area contributed by atoms with Crippen LogP contribution in [0.15, 0.2) is 35.5 Å². The number of aryl methyl sites for hydroxylation is 1. The number of hydrogen-bond donors (Lipinski definition) is 2. The van der Waals surface area contributed by atoms with Crippen molar-refractivity contribution in [2.75, 3.05) is 0 Å². The first-order valence-electron chi connectivity index (χ1n) is 7.27. The standard InChI is InChI=1S/C17H20N2OS/c1-10-6-4-5-7-11(10)15-14-12(18-16(21)19-15)8-17(2,3)9-13(14)20/h4-7,15H,8-9H2,1-3H3,(H2,18,19,21)/t15-/m0/s1. The predicted octanol–water partition coefficient (Wildman–Crippen LogP) is 3.16. The van der Waals surface area contributed by atoms with Crippen LogP contribution < -0.4 is 10.6 Å². The Labute approximate surface area is 130 Å². The lowest BCUT2D eigenvalue weighted by Gasteiger charge is -2.39. The van der Waals surface area contributed by atoms with E-state index in [1.54, 1.807) is 0 Å². The minimum Gasteiger partial charge on any atom is -0.351 e. The quantitative estimate of drug-likeness (QED) is 0.782. The second-order valence-corrected chi connectivity index (χ2v) is 7.13. The van der Waals surface area contributed by atoms with E-state index >= 15 is 0 Å². The van der Waals surface area contributed by atoms with Crippen molar-refractivity contribution in [2.24, 2.45) is 5.41 Å². The normalized spacial score (nSPS) is 24.2. The average molecular weight is 300 g/mol. The van der Waals surface area contributed by atoms with Gasteiger partial charge in [-0.2, -0.15) is 0 Å². The molecule has 0 amide bonds. The number of allylic oxidation sites excluding steroid dienone is 1. The average Bonchev–Trinajstić information content (AvgIpc) is 2.36. The lowest BCUT2D eigenvalue weighted by atomic mass is 9.72. The highest BCUT2D eigenvalue weighted by atomic mass is 32.1. The lowest BCUT2D eigenvalue weighted by Crippen LogP contribution is -2.48. The van der Waals surface area contributed by atoms with Crippen molar-refractivity contribution in [3.63, 3.8) is 0 Å². The van der Waals surface area contributed by atoms with Gasteiger partial charge in [-0.15, -0.1) is 0 Å². The molecule has 1 heterocycles. The summed E-state index contributed by atoms with van der Waals surface area (Å²) in [5, 5.41) is 7.08. The third-order valence-corrected chi connectivity index (χ3v) is 4.47. The molecule has 0 saturated carbocycles. The molecule has 1 aromatic carbocycles. The Kier molecular flexibility index (Phi) is 3.36. The van der Waals surface area contributed by atoms with Gasteiger partial charge in [-0.05, 0) is 42.1 Å². The molecule has 1 atom stereocenters. The Balaban J connectivity index is 2.11. The van der Waals surface area contributed by atoms with Crippen LogP contribution in [0.4, 0.5) is 0 Å². The lowest BCUT2D eigenvalue weighted by molar-refractivity contribution is -0.118. The van der Waals surface area contributed by atoms with Crippen LogP contribution in [-0.4, -0.2) is 10.9 Å². The highest BCUT2D eigenvalue weighted by Gasteiger charge is 2.39. The number of Topliss-reactive ketones (excluding diaryl/α,β-unsaturated/α-hetero) is 1. The van der Waals surface area contributed by atoms with Crippen molar-refractivity contribution in [2.45, 2.75) is 39.7 Å². The molecule has 3 rings (SSSR count). The van der Waals surface area contributed by atoms with Gasteiger partial charge in [-0.3, -0.25) is 4.79 Å². The molecule has 0 spiro atoms. The molecule has 0 unspecified atom stereocenters. The number of rotatable bonds is 1. The van der Waals surface area contributed by atoms with Gasteiger partial charge >= 0.3 is 0 Å². The highest BCUT2D eigenvalue weighted by molar-refractivity contribution is 7.80. The summed E-state index contributed by atoms with van der Waals surface area (Å²) in [6.45, 7) is 6.33. The van der Waals surface area contributed by atoms with E-state index < -0.39 is 0 Å². The van der Waals surface area contributed by atoms with Crippen molar-refractivity contribution < 1.29 is 4.79 Å². The van der Waals surface area contributed by atoms with Gasteiger partial charge in [0.15, 0.2) is 10.9 Å². The number of carbonyl (C=O) groups is 1. The fourth-order valence-corrected chi connectivity index (χ4v) is 3.54. The van der Waals surface area contributed by atoms with E-state index in [4.69, 9.17) is 12.2 Å². The third-order valence-electron chi connectivity index (χ3n) is 4.25. The smallest absolute Gasteiger partial charge is 0.171 e. The van der Waals surface area contributed by atoms with Crippen LogP contribution in [0.5, 0.6) is 0 Å². The van der Waals surface area contributed by atoms with Gasteiger partial charge in [0, 0.05) is 17.7 Å². The van der Waals surface area contributed by atoms with Crippen LogP contribution in [0.25, 0.3) is 0 Å². The molecule has 1 aromatic rings. The summed E-state index contributed by atoms with van der Waals surface area (Å²) in [5.41, 5.74) is 4.14. The van der Waals surface area contributed by atoms with Crippen molar-refractivity contribution in [3.05, 3.63) is 46.7 Å². The van der Waals surface area contributed by atoms with E-state index in [-0.39, 0.29) is 17.2 Å².